The molecule has 0 rings (SSSR count). The van der Waals surface area contributed by atoms with Gasteiger partial charge in [0.2, 0.25) is 0 Å². The molecule has 0 aliphatic carbocycles. The topological polar surface area (TPSA) is 29.4 Å². The molecular weight excluding hydrogens is 150 g/mol. The lowest BCUT2D eigenvalue weighted by atomic mass is 9.93. The molecule has 1 atom stereocenters. The molecule has 72 valence electrons. The Morgan fingerprint density at radius 3 is 2.08 bits per heavy atom. The maximum atomic E-state index is 10.4. The standard InChI is InChI=1S/C10H21NO/c1-4-7-10(11-12)8-9(5-2)6-3/h9-10H,4-8H2,1-3H3. The lowest BCUT2D eigenvalue weighted by molar-refractivity contribution is 0.395. The Morgan fingerprint density at radius 1 is 1.17 bits per heavy atom. The van der Waals surface area contributed by atoms with Crippen molar-refractivity contribution < 1.29 is 0 Å². The molecule has 0 spiro atoms. The van der Waals surface area contributed by atoms with Crippen molar-refractivity contribution in [1.82, 2.24) is 0 Å². The molecule has 2 nitrogen and oxygen atoms in total. The van der Waals surface area contributed by atoms with E-state index in [0.29, 0.717) is 5.92 Å². The van der Waals surface area contributed by atoms with Gasteiger partial charge in [0.25, 0.3) is 0 Å². The van der Waals surface area contributed by atoms with Crippen molar-refractivity contribution in [3.8, 4) is 0 Å². The van der Waals surface area contributed by atoms with E-state index in [9.17, 15) is 4.91 Å². The summed E-state index contributed by atoms with van der Waals surface area (Å²) in [6, 6.07) is 0.0694. The van der Waals surface area contributed by atoms with Gasteiger partial charge in [-0.3, -0.25) is 0 Å². The lowest BCUT2D eigenvalue weighted by Crippen LogP contribution is -2.10. The van der Waals surface area contributed by atoms with Crippen LogP contribution in [-0.4, -0.2) is 6.04 Å². The van der Waals surface area contributed by atoms with E-state index >= 15 is 0 Å². The fraction of sp³-hybridized carbons (Fsp3) is 1.00. The average Bonchev–Trinajstić information content (AvgIpc) is 2.12. The second-order valence-electron chi connectivity index (χ2n) is 3.47. The monoisotopic (exact) mass is 171 g/mol. The molecule has 0 saturated heterocycles. The largest absolute Gasteiger partial charge is 0.151 e. The van der Waals surface area contributed by atoms with Gasteiger partial charge >= 0.3 is 0 Å². The van der Waals surface area contributed by atoms with Crippen LogP contribution in [0.1, 0.15) is 52.9 Å². The summed E-state index contributed by atoms with van der Waals surface area (Å²) in [6.07, 6.45) is 5.36. The van der Waals surface area contributed by atoms with Gasteiger partial charge in [0.05, 0.1) is 6.04 Å². The Balaban J connectivity index is 3.73. The number of hydrogen-bond donors (Lipinski definition) is 0. The van der Waals surface area contributed by atoms with E-state index < -0.39 is 0 Å². The van der Waals surface area contributed by atoms with Crippen molar-refractivity contribution in [2.75, 3.05) is 0 Å². The molecule has 0 heterocycles. The highest BCUT2D eigenvalue weighted by Gasteiger charge is 2.13. The van der Waals surface area contributed by atoms with Gasteiger partial charge in [-0.05, 0) is 18.8 Å². The highest BCUT2D eigenvalue weighted by atomic mass is 16.3. The predicted octanol–water partition coefficient (Wildman–Crippen LogP) is 3.75. The SMILES string of the molecule is CCCC(CC(CC)CC)N=O. The third-order valence-electron chi connectivity index (χ3n) is 2.53. The van der Waals surface area contributed by atoms with E-state index in [4.69, 9.17) is 0 Å². The maximum Gasteiger partial charge on any atom is 0.0922 e. The first-order chi connectivity index (χ1) is 5.78. The zero-order valence-corrected chi connectivity index (χ0v) is 8.55. The molecule has 12 heavy (non-hydrogen) atoms. The van der Waals surface area contributed by atoms with Gasteiger partial charge in [-0.1, -0.05) is 45.2 Å². The predicted molar refractivity (Wildman–Crippen MR) is 53.2 cm³/mol. The zero-order chi connectivity index (χ0) is 9.40. The van der Waals surface area contributed by atoms with Gasteiger partial charge in [-0.15, -0.1) is 0 Å². The Kier molecular flexibility index (Phi) is 7.02. The van der Waals surface area contributed by atoms with Crippen LogP contribution in [0, 0.1) is 10.8 Å². The summed E-state index contributed by atoms with van der Waals surface area (Å²) >= 11 is 0. The van der Waals surface area contributed by atoms with E-state index in [1.807, 2.05) is 0 Å². The quantitative estimate of drug-likeness (QED) is 0.536. The number of nitrogens with zero attached hydrogens (tertiary/aromatic N) is 1. The molecule has 0 saturated carbocycles. The fourth-order valence-corrected chi connectivity index (χ4v) is 1.55. The maximum absolute atomic E-state index is 10.4. The van der Waals surface area contributed by atoms with Gasteiger partial charge in [0.15, 0.2) is 0 Å². The van der Waals surface area contributed by atoms with Crippen LogP contribution in [0.25, 0.3) is 0 Å². The Labute approximate surface area is 75.7 Å². The molecule has 0 aliphatic rings. The van der Waals surface area contributed by atoms with Gasteiger partial charge < -0.3 is 0 Å². The van der Waals surface area contributed by atoms with Crippen molar-refractivity contribution >= 4 is 0 Å². The van der Waals surface area contributed by atoms with E-state index in [2.05, 4.69) is 25.9 Å². The Morgan fingerprint density at radius 2 is 1.75 bits per heavy atom. The van der Waals surface area contributed by atoms with Crippen LogP contribution < -0.4 is 0 Å². The molecule has 0 aromatic carbocycles. The molecule has 0 radical (unpaired) electrons. The summed E-state index contributed by atoms with van der Waals surface area (Å²) in [5.41, 5.74) is 0. The number of hydrogen-bond acceptors (Lipinski definition) is 2. The molecule has 0 aromatic heterocycles. The van der Waals surface area contributed by atoms with Crippen LogP contribution in [0.5, 0.6) is 0 Å². The smallest absolute Gasteiger partial charge is 0.0922 e. The van der Waals surface area contributed by atoms with Gasteiger partial charge in [0, 0.05) is 0 Å². The molecule has 0 aliphatic heterocycles. The molecule has 0 amide bonds. The molecule has 0 aromatic rings. The van der Waals surface area contributed by atoms with Crippen LogP contribution in [0.3, 0.4) is 0 Å². The first kappa shape index (κ1) is 11.6. The van der Waals surface area contributed by atoms with E-state index in [1.165, 1.54) is 12.8 Å². The minimum absolute atomic E-state index is 0.0694. The highest BCUT2D eigenvalue weighted by Crippen LogP contribution is 2.19. The van der Waals surface area contributed by atoms with Crippen LogP contribution >= 0.6 is 0 Å². The van der Waals surface area contributed by atoms with Crippen molar-refractivity contribution in [2.24, 2.45) is 11.1 Å². The zero-order valence-electron chi connectivity index (χ0n) is 8.55. The third kappa shape index (κ3) is 4.47. The lowest BCUT2D eigenvalue weighted by Gasteiger charge is -2.15. The molecule has 2 heteroatoms. The Hall–Kier alpha value is -0.400. The summed E-state index contributed by atoms with van der Waals surface area (Å²) in [6.45, 7) is 6.47. The van der Waals surface area contributed by atoms with Crippen LogP contribution in [0.15, 0.2) is 5.18 Å². The van der Waals surface area contributed by atoms with E-state index in [-0.39, 0.29) is 6.04 Å². The summed E-state index contributed by atoms with van der Waals surface area (Å²) in [5.74, 6) is 0.694. The fourth-order valence-electron chi connectivity index (χ4n) is 1.55. The first-order valence-electron chi connectivity index (χ1n) is 5.10. The van der Waals surface area contributed by atoms with E-state index in [1.54, 1.807) is 0 Å². The van der Waals surface area contributed by atoms with Crippen molar-refractivity contribution in [1.29, 1.82) is 0 Å². The summed E-state index contributed by atoms with van der Waals surface area (Å²) in [7, 11) is 0. The van der Waals surface area contributed by atoms with Crippen LogP contribution in [0.2, 0.25) is 0 Å². The highest BCUT2D eigenvalue weighted by molar-refractivity contribution is 4.69. The van der Waals surface area contributed by atoms with Crippen molar-refractivity contribution in [2.45, 2.75) is 58.9 Å². The molecular formula is C10H21NO. The van der Waals surface area contributed by atoms with Crippen LogP contribution in [0.4, 0.5) is 0 Å². The van der Waals surface area contributed by atoms with Gasteiger partial charge in [-0.2, -0.15) is 4.91 Å². The second kappa shape index (κ2) is 7.26. The molecule has 1 unspecified atom stereocenters. The first-order valence-corrected chi connectivity index (χ1v) is 5.10. The number of rotatable bonds is 7. The van der Waals surface area contributed by atoms with Gasteiger partial charge in [0.1, 0.15) is 0 Å². The van der Waals surface area contributed by atoms with Gasteiger partial charge in [-0.25, -0.2) is 0 Å². The minimum atomic E-state index is 0.0694. The second-order valence-corrected chi connectivity index (χ2v) is 3.47. The van der Waals surface area contributed by atoms with Crippen LogP contribution in [-0.2, 0) is 0 Å². The molecule has 0 fully saturated rings. The van der Waals surface area contributed by atoms with Crippen molar-refractivity contribution in [3.05, 3.63) is 4.91 Å². The summed E-state index contributed by atoms with van der Waals surface area (Å²) in [4.78, 5) is 10.4. The minimum Gasteiger partial charge on any atom is -0.151 e. The number of nitroso groups, excluding NO2 is 1. The Bertz CT molecular complexity index is 110. The molecule has 0 bridgehead atoms. The van der Waals surface area contributed by atoms with Crippen molar-refractivity contribution in [3.63, 3.8) is 0 Å². The summed E-state index contributed by atoms with van der Waals surface area (Å²) < 4.78 is 0. The normalized spacial score (nSPS) is 13.3. The summed E-state index contributed by atoms with van der Waals surface area (Å²) in [5, 5.41) is 3.16. The average molecular weight is 171 g/mol. The third-order valence-corrected chi connectivity index (χ3v) is 2.53. The molecule has 0 N–H and O–H groups in total. The van der Waals surface area contributed by atoms with E-state index in [0.717, 1.165) is 19.3 Å².